The molecule has 5 nitrogen and oxygen atoms in total. The topological polar surface area (TPSA) is 72.5 Å². The maximum absolute atomic E-state index is 12.3. The van der Waals surface area contributed by atoms with Crippen LogP contribution in [0.15, 0.2) is 42.5 Å². The van der Waals surface area contributed by atoms with Gasteiger partial charge in [0, 0.05) is 18.0 Å². The smallest absolute Gasteiger partial charge is 0.228 e. The second-order valence-electron chi connectivity index (χ2n) is 6.16. The largest absolute Gasteiger partial charge is 0.492 e. The van der Waals surface area contributed by atoms with Gasteiger partial charge in [-0.25, -0.2) is 8.42 Å². The van der Waals surface area contributed by atoms with E-state index in [1.54, 1.807) is 24.3 Å². The first kappa shape index (κ1) is 19.0. The molecule has 0 fully saturated rings. The van der Waals surface area contributed by atoms with Crippen molar-refractivity contribution in [3.63, 3.8) is 0 Å². The van der Waals surface area contributed by atoms with Crippen molar-refractivity contribution in [3.05, 3.63) is 59.2 Å². The van der Waals surface area contributed by atoms with Gasteiger partial charge in [-0.1, -0.05) is 29.8 Å². The lowest BCUT2D eigenvalue weighted by Crippen LogP contribution is -2.15. The number of amides is 1. The molecule has 0 radical (unpaired) electrons. The predicted octanol–water partition coefficient (Wildman–Crippen LogP) is 2.91. The number of aryl methyl sites for hydroxylation is 2. The molecule has 0 atom stereocenters. The Labute approximate surface area is 148 Å². The molecule has 134 valence electrons. The number of sulfone groups is 1. The van der Waals surface area contributed by atoms with E-state index in [1.807, 2.05) is 32.0 Å². The van der Waals surface area contributed by atoms with Crippen molar-refractivity contribution in [2.75, 3.05) is 23.9 Å². The van der Waals surface area contributed by atoms with Gasteiger partial charge >= 0.3 is 0 Å². The molecule has 0 aliphatic rings. The number of carbonyl (C=O) groups excluding carboxylic acids is 1. The van der Waals surface area contributed by atoms with E-state index in [-0.39, 0.29) is 18.3 Å². The molecule has 6 heteroatoms. The van der Waals surface area contributed by atoms with Crippen molar-refractivity contribution < 1.29 is 17.9 Å². The molecule has 0 heterocycles. The van der Waals surface area contributed by atoms with Crippen LogP contribution in [-0.4, -0.2) is 32.9 Å². The first-order valence-corrected chi connectivity index (χ1v) is 10.1. The third-order valence-electron chi connectivity index (χ3n) is 3.70. The van der Waals surface area contributed by atoms with Crippen LogP contribution < -0.4 is 10.1 Å². The maximum Gasteiger partial charge on any atom is 0.228 e. The van der Waals surface area contributed by atoms with Gasteiger partial charge in [0.05, 0.1) is 12.2 Å². The summed E-state index contributed by atoms with van der Waals surface area (Å²) in [6.45, 7) is 4.06. The summed E-state index contributed by atoms with van der Waals surface area (Å²) in [7, 11) is -3.06. The van der Waals surface area contributed by atoms with Crippen molar-refractivity contribution in [1.29, 1.82) is 0 Å². The van der Waals surface area contributed by atoms with Gasteiger partial charge < -0.3 is 10.1 Å². The highest BCUT2D eigenvalue weighted by molar-refractivity contribution is 7.90. The summed E-state index contributed by atoms with van der Waals surface area (Å²) in [5.41, 5.74) is 3.82. The van der Waals surface area contributed by atoms with Gasteiger partial charge in [0.25, 0.3) is 0 Å². The van der Waals surface area contributed by atoms with Crippen molar-refractivity contribution in [3.8, 4) is 5.75 Å². The molecular weight excluding hydrogens is 338 g/mol. The fourth-order valence-electron chi connectivity index (χ4n) is 2.34. The van der Waals surface area contributed by atoms with E-state index in [4.69, 9.17) is 4.74 Å². The van der Waals surface area contributed by atoms with Gasteiger partial charge in [-0.3, -0.25) is 4.79 Å². The monoisotopic (exact) mass is 361 g/mol. The molecule has 0 aromatic heterocycles. The van der Waals surface area contributed by atoms with E-state index in [0.717, 1.165) is 16.7 Å². The van der Waals surface area contributed by atoms with E-state index in [1.165, 1.54) is 6.26 Å². The highest BCUT2D eigenvalue weighted by Gasteiger charge is 2.08. The average Bonchev–Trinajstić information content (AvgIpc) is 2.50. The Kier molecular flexibility index (Phi) is 6.20. The molecule has 2 rings (SSSR count). The molecule has 0 aliphatic heterocycles. The first-order chi connectivity index (χ1) is 11.7. The molecule has 1 N–H and O–H groups in total. The Hall–Kier alpha value is -2.34. The summed E-state index contributed by atoms with van der Waals surface area (Å²) in [4.78, 5) is 12.3. The Bertz CT molecular complexity index is 859. The Morgan fingerprint density at radius 2 is 1.88 bits per heavy atom. The standard InChI is InChI=1S/C19H23NO4S/c1-14-7-8-15(2)16(11-14)12-19(21)20-17-5-4-6-18(13-17)24-9-10-25(3,22)23/h4-8,11,13H,9-10,12H2,1-3H3,(H,20,21). The van der Waals surface area contributed by atoms with E-state index in [9.17, 15) is 13.2 Å². The maximum atomic E-state index is 12.3. The van der Waals surface area contributed by atoms with Crippen LogP contribution in [0.4, 0.5) is 5.69 Å². The van der Waals surface area contributed by atoms with Crippen LogP contribution >= 0.6 is 0 Å². The number of benzene rings is 2. The molecule has 1 amide bonds. The SMILES string of the molecule is Cc1ccc(C)c(CC(=O)Nc2cccc(OCCS(C)(=O)=O)c2)c1. The summed E-state index contributed by atoms with van der Waals surface area (Å²) in [6.07, 6.45) is 1.47. The lowest BCUT2D eigenvalue weighted by atomic mass is 10.0. The summed E-state index contributed by atoms with van der Waals surface area (Å²) in [5.74, 6) is 0.367. The zero-order valence-electron chi connectivity index (χ0n) is 14.7. The Morgan fingerprint density at radius 3 is 2.60 bits per heavy atom. The minimum absolute atomic E-state index is 0.0454. The number of carbonyl (C=O) groups is 1. The van der Waals surface area contributed by atoms with Crippen LogP contribution in [0.5, 0.6) is 5.75 Å². The molecule has 0 bridgehead atoms. The van der Waals surface area contributed by atoms with Crippen molar-refractivity contribution in [2.24, 2.45) is 0 Å². The molecule has 2 aromatic carbocycles. The van der Waals surface area contributed by atoms with E-state index < -0.39 is 9.84 Å². The molecule has 0 spiro atoms. The van der Waals surface area contributed by atoms with Gasteiger partial charge in [-0.2, -0.15) is 0 Å². The summed E-state index contributed by atoms with van der Waals surface area (Å²) < 4.78 is 27.7. The lowest BCUT2D eigenvalue weighted by molar-refractivity contribution is -0.115. The molecule has 0 saturated heterocycles. The van der Waals surface area contributed by atoms with Gasteiger partial charge in [-0.15, -0.1) is 0 Å². The lowest BCUT2D eigenvalue weighted by Gasteiger charge is -2.10. The summed E-state index contributed by atoms with van der Waals surface area (Å²) in [5, 5.41) is 2.85. The van der Waals surface area contributed by atoms with Crippen LogP contribution in [0.2, 0.25) is 0 Å². The zero-order valence-corrected chi connectivity index (χ0v) is 15.5. The fourth-order valence-corrected chi connectivity index (χ4v) is 2.73. The van der Waals surface area contributed by atoms with Crippen LogP contribution in [0.25, 0.3) is 0 Å². The number of rotatable bonds is 7. The van der Waals surface area contributed by atoms with Gasteiger partial charge in [0.1, 0.15) is 12.4 Å². The number of nitrogens with one attached hydrogen (secondary N) is 1. The van der Waals surface area contributed by atoms with Crippen LogP contribution in [-0.2, 0) is 21.1 Å². The molecule has 0 saturated carbocycles. The quantitative estimate of drug-likeness (QED) is 0.823. The minimum Gasteiger partial charge on any atom is -0.492 e. The van der Waals surface area contributed by atoms with Crippen LogP contribution in [0.1, 0.15) is 16.7 Å². The minimum atomic E-state index is -3.06. The number of hydrogen-bond donors (Lipinski definition) is 1. The number of hydrogen-bond acceptors (Lipinski definition) is 4. The molecule has 25 heavy (non-hydrogen) atoms. The Balaban J connectivity index is 1.96. The summed E-state index contributed by atoms with van der Waals surface area (Å²) in [6, 6.07) is 13.0. The van der Waals surface area contributed by atoms with Gasteiger partial charge in [0.15, 0.2) is 9.84 Å². The third kappa shape index (κ3) is 6.58. The van der Waals surface area contributed by atoms with Crippen LogP contribution in [0, 0.1) is 13.8 Å². The zero-order chi connectivity index (χ0) is 18.4. The first-order valence-electron chi connectivity index (χ1n) is 7.99. The van der Waals surface area contributed by atoms with Crippen molar-refractivity contribution in [2.45, 2.75) is 20.3 Å². The highest BCUT2D eigenvalue weighted by Crippen LogP contribution is 2.18. The van der Waals surface area contributed by atoms with Gasteiger partial charge in [-0.05, 0) is 37.1 Å². The highest BCUT2D eigenvalue weighted by atomic mass is 32.2. The normalized spacial score (nSPS) is 11.2. The second kappa shape index (κ2) is 8.16. The van der Waals surface area contributed by atoms with Crippen molar-refractivity contribution >= 4 is 21.4 Å². The molecule has 0 unspecified atom stereocenters. The Morgan fingerprint density at radius 1 is 1.12 bits per heavy atom. The van der Waals surface area contributed by atoms with E-state index >= 15 is 0 Å². The number of anilines is 1. The van der Waals surface area contributed by atoms with Crippen LogP contribution in [0.3, 0.4) is 0 Å². The predicted molar refractivity (Wildman–Crippen MR) is 99.9 cm³/mol. The summed E-state index contributed by atoms with van der Waals surface area (Å²) >= 11 is 0. The average molecular weight is 361 g/mol. The molecule has 0 aliphatic carbocycles. The van der Waals surface area contributed by atoms with E-state index in [0.29, 0.717) is 17.9 Å². The fraction of sp³-hybridized carbons (Fsp3) is 0.316. The van der Waals surface area contributed by atoms with E-state index in [2.05, 4.69) is 5.32 Å². The van der Waals surface area contributed by atoms with Gasteiger partial charge in [0.2, 0.25) is 5.91 Å². The third-order valence-corrected chi connectivity index (χ3v) is 4.60. The molecule has 2 aromatic rings. The van der Waals surface area contributed by atoms with Crippen molar-refractivity contribution in [1.82, 2.24) is 0 Å². The molecular formula is C19H23NO4S. The second-order valence-corrected chi connectivity index (χ2v) is 8.42. The number of ether oxygens (including phenoxy) is 1.